The molecule has 0 radical (unpaired) electrons. The van der Waals surface area contributed by atoms with Gasteiger partial charge < -0.3 is 14.5 Å². The van der Waals surface area contributed by atoms with Crippen molar-refractivity contribution in [1.82, 2.24) is 20.6 Å². The van der Waals surface area contributed by atoms with Crippen LogP contribution in [-0.4, -0.2) is 27.2 Å². The Balaban J connectivity index is 1.63. The van der Waals surface area contributed by atoms with Crippen molar-refractivity contribution < 1.29 is 35.5 Å². The summed E-state index contributed by atoms with van der Waals surface area (Å²) in [6.45, 7) is 1.68. The molecule has 0 unspecified atom stereocenters. The molecule has 0 amide bonds. The van der Waals surface area contributed by atoms with Crippen LogP contribution in [0.25, 0.3) is 22.6 Å². The lowest BCUT2D eigenvalue weighted by Crippen LogP contribution is -2.10. The molecule has 4 rings (SSSR count). The number of halogens is 6. The molecule has 0 atom stereocenters. The normalized spacial score (nSPS) is 12.3. The molecule has 2 heterocycles. The van der Waals surface area contributed by atoms with Gasteiger partial charge in [-0.05, 0) is 42.0 Å². The van der Waals surface area contributed by atoms with Crippen LogP contribution in [0.1, 0.15) is 23.6 Å². The lowest BCUT2D eigenvalue weighted by molar-refractivity contribution is -0.139. The predicted octanol–water partition coefficient (Wildman–Crippen LogP) is 5.66. The summed E-state index contributed by atoms with van der Waals surface area (Å²) in [7, 11) is 0. The molecule has 7 nitrogen and oxygen atoms in total. The van der Waals surface area contributed by atoms with Gasteiger partial charge in [0.25, 0.3) is 0 Å². The number of H-pyrrole nitrogens is 1. The molecule has 0 fully saturated rings. The van der Waals surface area contributed by atoms with Crippen LogP contribution in [0.4, 0.5) is 32.0 Å². The van der Waals surface area contributed by atoms with Crippen LogP contribution in [0.5, 0.6) is 5.75 Å². The largest absolute Gasteiger partial charge is 0.493 e. The van der Waals surface area contributed by atoms with Crippen molar-refractivity contribution in [1.29, 1.82) is 0 Å². The van der Waals surface area contributed by atoms with Crippen molar-refractivity contribution in [2.24, 2.45) is 0 Å². The fourth-order valence-corrected chi connectivity index (χ4v) is 3.29. The molecule has 0 aliphatic heterocycles. The van der Waals surface area contributed by atoms with Gasteiger partial charge in [-0.1, -0.05) is 12.1 Å². The molecule has 4 aromatic rings. The Morgan fingerprint density at radius 2 is 1.82 bits per heavy atom. The lowest BCUT2D eigenvalue weighted by Gasteiger charge is -2.15. The number of benzene rings is 2. The molecule has 13 heteroatoms. The van der Waals surface area contributed by atoms with Crippen LogP contribution < -0.4 is 10.1 Å². The summed E-state index contributed by atoms with van der Waals surface area (Å²) in [5, 5.41) is 15.0. The second-order valence-electron chi connectivity index (χ2n) is 6.87. The van der Waals surface area contributed by atoms with Crippen molar-refractivity contribution in [2.75, 3.05) is 11.9 Å². The number of aromatic nitrogens is 4. The molecule has 2 aromatic carbocycles. The number of ether oxygens (including phenoxy) is 1. The number of fused-ring (bicyclic) bond motifs is 1. The van der Waals surface area contributed by atoms with Gasteiger partial charge in [0, 0.05) is 17.6 Å². The molecule has 33 heavy (non-hydrogen) atoms. The Bertz CT molecular complexity index is 1260. The third kappa shape index (κ3) is 4.56. The maximum Gasteiger partial charge on any atom is 0.420 e. The summed E-state index contributed by atoms with van der Waals surface area (Å²) in [5.74, 6) is -1.23. The minimum absolute atomic E-state index is 0.0286. The monoisotopic (exact) mass is 471 g/mol. The third-order valence-corrected chi connectivity index (χ3v) is 4.67. The van der Waals surface area contributed by atoms with E-state index in [2.05, 4.69) is 25.9 Å². The van der Waals surface area contributed by atoms with Gasteiger partial charge in [0.05, 0.1) is 12.2 Å². The average molecular weight is 471 g/mol. The first-order valence-electron chi connectivity index (χ1n) is 9.52. The highest BCUT2D eigenvalue weighted by Crippen LogP contribution is 2.43. The molecule has 174 valence electrons. The first kappa shape index (κ1) is 22.4. The number of furan rings is 1. The molecule has 0 aliphatic carbocycles. The van der Waals surface area contributed by atoms with E-state index in [9.17, 15) is 26.3 Å². The molecule has 2 aromatic heterocycles. The third-order valence-electron chi connectivity index (χ3n) is 4.67. The van der Waals surface area contributed by atoms with Gasteiger partial charge in [-0.2, -0.15) is 31.6 Å². The van der Waals surface area contributed by atoms with E-state index < -0.39 is 29.2 Å². The molecule has 2 N–H and O–H groups in total. The second-order valence-corrected chi connectivity index (χ2v) is 6.87. The number of aromatic amines is 1. The number of nitrogens with one attached hydrogen (secondary N) is 2. The Kier molecular flexibility index (Phi) is 5.64. The van der Waals surface area contributed by atoms with E-state index in [0.717, 1.165) is 6.07 Å². The minimum Gasteiger partial charge on any atom is -0.493 e. The van der Waals surface area contributed by atoms with Crippen molar-refractivity contribution in [3.8, 4) is 17.3 Å². The van der Waals surface area contributed by atoms with Crippen molar-refractivity contribution in [3.05, 3.63) is 53.1 Å². The summed E-state index contributed by atoms with van der Waals surface area (Å²) in [6.07, 6.45) is -9.36. The van der Waals surface area contributed by atoms with Gasteiger partial charge in [-0.15, -0.1) is 10.2 Å². The van der Waals surface area contributed by atoms with Crippen molar-refractivity contribution >= 4 is 16.7 Å². The van der Waals surface area contributed by atoms with Crippen LogP contribution in [0.3, 0.4) is 0 Å². The first-order chi connectivity index (χ1) is 15.6. The lowest BCUT2D eigenvalue weighted by atomic mass is 10.1. The van der Waals surface area contributed by atoms with Crippen LogP contribution in [0, 0.1) is 0 Å². The van der Waals surface area contributed by atoms with Gasteiger partial charge in [0.1, 0.15) is 16.9 Å². The zero-order chi connectivity index (χ0) is 23.8. The number of alkyl halides is 6. The van der Waals surface area contributed by atoms with Gasteiger partial charge in [-0.3, -0.25) is 0 Å². The van der Waals surface area contributed by atoms with E-state index in [4.69, 9.17) is 9.15 Å². The number of hydrogen-bond acceptors (Lipinski definition) is 6. The fraction of sp³-hybridized carbons (Fsp3) is 0.250. The molecule has 0 spiro atoms. The number of rotatable bonds is 6. The van der Waals surface area contributed by atoms with Crippen LogP contribution in [0.15, 0.2) is 40.8 Å². The SMILES string of the molecule is CCOc1ccc(NCc2ccc3c(C(F)(F)F)c(-c4nn[nH]n4)oc3c2)cc1C(F)(F)F. The average Bonchev–Trinajstić information content (AvgIpc) is 3.39. The van der Waals surface area contributed by atoms with E-state index in [0.29, 0.717) is 5.56 Å². The van der Waals surface area contributed by atoms with Gasteiger partial charge in [0.2, 0.25) is 5.82 Å². The summed E-state index contributed by atoms with van der Waals surface area (Å²) in [5.41, 5.74) is -1.42. The molecular formula is C20H15F6N5O2. The zero-order valence-corrected chi connectivity index (χ0v) is 16.8. The van der Waals surface area contributed by atoms with Crippen molar-refractivity contribution in [3.63, 3.8) is 0 Å². The summed E-state index contributed by atoms with van der Waals surface area (Å²) in [4.78, 5) is 0. The van der Waals surface area contributed by atoms with Gasteiger partial charge >= 0.3 is 12.4 Å². The second kappa shape index (κ2) is 8.30. The number of hydrogen-bond donors (Lipinski definition) is 2. The Hall–Kier alpha value is -3.77. The highest BCUT2D eigenvalue weighted by atomic mass is 19.4. The maximum atomic E-state index is 13.6. The standard InChI is InChI=1S/C20H15F6N5O2/c1-2-32-14-6-4-11(8-13(14)19(21,22)23)27-9-10-3-5-12-15(7-10)33-17(16(12)20(24,25)26)18-28-30-31-29-18/h3-8,27H,2,9H2,1H3,(H,28,29,30,31). The Labute approximate surface area is 181 Å². The predicted molar refractivity (Wildman–Crippen MR) is 104 cm³/mol. The molecule has 0 saturated carbocycles. The van der Waals surface area contributed by atoms with Crippen molar-refractivity contribution in [2.45, 2.75) is 25.8 Å². The van der Waals surface area contributed by atoms with E-state index in [1.807, 2.05) is 0 Å². The molecule has 0 aliphatic rings. The van der Waals surface area contributed by atoms with Crippen LogP contribution in [0.2, 0.25) is 0 Å². The zero-order valence-electron chi connectivity index (χ0n) is 16.8. The molecule has 0 bridgehead atoms. The molecule has 0 saturated heterocycles. The number of tetrazole rings is 1. The summed E-state index contributed by atoms with van der Waals surface area (Å²) < 4.78 is 91.2. The quantitative estimate of drug-likeness (QED) is 0.353. The number of anilines is 1. The summed E-state index contributed by atoms with van der Waals surface area (Å²) in [6, 6.07) is 7.53. The van der Waals surface area contributed by atoms with Crippen LogP contribution in [-0.2, 0) is 18.9 Å². The van der Waals surface area contributed by atoms with E-state index in [1.54, 1.807) is 6.92 Å². The van der Waals surface area contributed by atoms with E-state index in [-0.39, 0.29) is 41.4 Å². The Morgan fingerprint density at radius 1 is 1.03 bits per heavy atom. The first-order valence-corrected chi connectivity index (χ1v) is 9.52. The fourth-order valence-electron chi connectivity index (χ4n) is 3.29. The molecular weight excluding hydrogens is 456 g/mol. The highest BCUT2D eigenvalue weighted by molar-refractivity contribution is 5.88. The maximum absolute atomic E-state index is 13.6. The van der Waals surface area contributed by atoms with Gasteiger partial charge in [0.15, 0.2) is 5.76 Å². The van der Waals surface area contributed by atoms with E-state index in [1.165, 1.54) is 30.3 Å². The topological polar surface area (TPSA) is 88.9 Å². The smallest absolute Gasteiger partial charge is 0.420 e. The highest BCUT2D eigenvalue weighted by Gasteiger charge is 2.40. The summed E-state index contributed by atoms with van der Waals surface area (Å²) >= 11 is 0. The van der Waals surface area contributed by atoms with E-state index >= 15 is 0 Å². The van der Waals surface area contributed by atoms with Gasteiger partial charge in [-0.25, -0.2) is 0 Å². The van der Waals surface area contributed by atoms with Crippen LogP contribution >= 0.6 is 0 Å². The minimum atomic E-state index is -4.74. The number of nitrogens with zero attached hydrogens (tertiary/aromatic N) is 3. The Morgan fingerprint density at radius 3 is 2.45 bits per heavy atom.